The number of carbonyl (C=O) groups excluding carboxylic acids is 1. The molecule has 2 heterocycles. The Morgan fingerprint density at radius 3 is 2.54 bits per heavy atom. The standard InChI is InChI=1S/C15H20F3N5O/c1-5-22-7-6-12(19-22)9-21(4)14(24)11(3)23-10(2)8-13(20-23)15(16,17)18/h6-8,11H,5,9H2,1-4H3. The van der Waals surface area contributed by atoms with Gasteiger partial charge in [0.15, 0.2) is 5.69 Å². The molecule has 132 valence electrons. The highest BCUT2D eigenvalue weighted by molar-refractivity contribution is 5.79. The van der Waals surface area contributed by atoms with E-state index in [1.165, 1.54) is 18.7 Å². The predicted molar refractivity (Wildman–Crippen MR) is 81.1 cm³/mol. The number of likely N-dealkylation sites (N-methyl/N-ethyl adjacent to an activating group) is 1. The smallest absolute Gasteiger partial charge is 0.338 e. The number of rotatable bonds is 5. The van der Waals surface area contributed by atoms with Gasteiger partial charge in [-0.25, -0.2) is 0 Å². The fraction of sp³-hybridized carbons (Fsp3) is 0.533. The molecule has 1 unspecified atom stereocenters. The highest BCUT2D eigenvalue weighted by Gasteiger charge is 2.35. The van der Waals surface area contributed by atoms with Crippen molar-refractivity contribution in [2.24, 2.45) is 0 Å². The zero-order chi connectivity index (χ0) is 18.1. The summed E-state index contributed by atoms with van der Waals surface area (Å²) in [4.78, 5) is 13.9. The van der Waals surface area contributed by atoms with Gasteiger partial charge in [0.2, 0.25) is 5.91 Å². The van der Waals surface area contributed by atoms with Gasteiger partial charge in [-0.15, -0.1) is 0 Å². The van der Waals surface area contributed by atoms with Crippen LogP contribution >= 0.6 is 0 Å². The molecule has 0 N–H and O–H groups in total. The van der Waals surface area contributed by atoms with Gasteiger partial charge in [0.25, 0.3) is 0 Å². The molecule has 1 atom stereocenters. The van der Waals surface area contributed by atoms with Crippen LogP contribution in [0.4, 0.5) is 13.2 Å². The van der Waals surface area contributed by atoms with Gasteiger partial charge in [0.1, 0.15) is 6.04 Å². The summed E-state index contributed by atoms with van der Waals surface area (Å²) in [5.41, 5.74) is 0.00361. The maximum atomic E-state index is 12.7. The highest BCUT2D eigenvalue weighted by Crippen LogP contribution is 2.29. The molecule has 0 aliphatic carbocycles. The Morgan fingerprint density at radius 2 is 2.04 bits per heavy atom. The van der Waals surface area contributed by atoms with E-state index in [2.05, 4.69) is 10.2 Å². The lowest BCUT2D eigenvalue weighted by molar-refractivity contribution is -0.142. The minimum absolute atomic E-state index is 0.280. The second kappa shape index (κ2) is 6.66. The third-order valence-electron chi connectivity index (χ3n) is 3.73. The van der Waals surface area contributed by atoms with Crippen molar-refractivity contribution in [1.29, 1.82) is 0 Å². The number of hydrogen-bond donors (Lipinski definition) is 0. The van der Waals surface area contributed by atoms with Crippen molar-refractivity contribution in [1.82, 2.24) is 24.5 Å². The SMILES string of the molecule is CCn1ccc(CN(C)C(=O)C(C)n2nc(C(F)(F)F)cc2C)n1. The van der Waals surface area contributed by atoms with E-state index in [1.807, 2.05) is 13.1 Å². The molecule has 0 spiro atoms. The minimum Gasteiger partial charge on any atom is -0.338 e. The molecule has 0 fully saturated rings. The summed E-state index contributed by atoms with van der Waals surface area (Å²) in [5.74, 6) is -0.332. The summed E-state index contributed by atoms with van der Waals surface area (Å²) in [5, 5.41) is 7.82. The highest BCUT2D eigenvalue weighted by atomic mass is 19.4. The number of halogens is 3. The fourth-order valence-electron chi connectivity index (χ4n) is 2.43. The number of nitrogens with zero attached hydrogens (tertiary/aromatic N) is 5. The molecule has 0 radical (unpaired) electrons. The Bertz CT molecular complexity index is 719. The molecule has 6 nitrogen and oxygen atoms in total. The average molecular weight is 343 g/mol. The third-order valence-corrected chi connectivity index (χ3v) is 3.73. The molecule has 0 saturated heterocycles. The van der Waals surface area contributed by atoms with E-state index in [0.717, 1.165) is 17.3 Å². The molecule has 9 heteroatoms. The Hall–Kier alpha value is -2.32. The second-order valence-corrected chi connectivity index (χ2v) is 5.65. The quantitative estimate of drug-likeness (QED) is 0.839. The second-order valence-electron chi connectivity index (χ2n) is 5.65. The van der Waals surface area contributed by atoms with Gasteiger partial charge in [0, 0.05) is 25.5 Å². The van der Waals surface area contributed by atoms with Gasteiger partial charge >= 0.3 is 6.18 Å². The van der Waals surface area contributed by atoms with E-state index in [-0.39, 0.29) is 18.1 Å². The average Bonchev–Trinajstić information content (AvgIpc) is 3.11. The Labute approximate surface area is 137 Å². The molecule has 2 aromatic heterocycles. The van der Waals surface area contributed by atoms with Crippen LogP contribution in [-0.2, 0) is 24.1 Å². The van der Waals surface area contributed by atoms with Crippen LogP contribution in [0, 0.1) is 6.92 Å². The zero-order valence-corrected chi connectivity index (χ0v) is 14.0. The number of aromatic nitrogens is 4. The first-order chi connectivity index (χ1) is 11.1. The molecule has 2 aromatic rings. The predicted octanol–water partition coefficient (Wildman–Crippen LogP) is 2.65. The van der Waals surface area contributed by atoms with Crippen LogP contribution in [0.5, 0.6) is 0 Å². The van der Waals surface area contributed by atoms with E-state index < -0.39 is 17.9 Å². The van der Waals surface area contributed by atoms with Crippen molar-refractivity contribution >= 4 is 5.91 Å². The largest absolute Gasteiger partial charge is 0.435 e. The molecule has 24 heavy (non-hydrogen) atoms. The topological polar surface area (TPSA) is 56.0 Å². The van der Waals surface area contributed by atoms with Gasteiger partial charge in [-0.05, 0) is 32.9 Å². The lowest BCUT2D eigenvalue weighted by Gasteiger charge is -2.21. The number of amides is 1. The van der Waals surface area contributed by atoms with E-state index in [9.17, 15) is 18.0 Å². The maximum absolute atomic E-state index is 12.7. The maximum Gasteiger partial charge on any atom is 0.435 e. The summed E-state index contributed by atoms with van der Waals surface area (Å²) in [6, 6.07) is 1.91. The first-order valence-corrected chi connectivity index (χ1v) is 7.54. The number of alkyl halides is 3. The molecule has 0 saturated carbocycles. The van der Waals surface area contributed by atoms with Crippen LogP contribution in [-0.4, -0.2) is 37.4 Å². The van der Waals surface area contributed by atoms with Gasteiger partial charge in [-0.1, -0.05) is 0 Å². The van der Waals surface area contributed by atoms with Crippen LogP contribution in [0.1, 0.15) is 37.0 Å². The van der Waals surface area contributed by atoms with Gasteiger partial charge in [-0.3, -0.25) is 14.2 Å². The van der Waals surface area contributed by atoms with Crippen LogP contribution < -0.4 is 0 Å². The van der Waals surface area contributed by atoms with Crippen LogP contribution in [0.2, 0.25) is 0 Å². The van der Waals surface area contributed by atoms with Crippen molar-refractivity contribution in [3.05, 3.63) is 35.4 Å². The third kappa shape index (κ3) is 3.77. The molecule has 0 aliphatic heterocycles. The van der Waals surface area contributed by atoms with Gasteiger partial charge in [0.05, 0.1) is 12.2 Å². The van der Waals surface area contributed by atoms with Crippen molar-refractivity contribution in [2.45, 2.75) is 46.1 Å². The van der Waals surface area contributed by atoms with E-state index in [1.54, 1.807) is 17.8 Å². The molecule has 0 aromatic carbocycles. The summed E-state index contributed by atoms with van der Waals surface area (Å²) in [6.07, 6.45) is -2.72. The molecule has 2 rings (SSSR count). The summed E-state index contributed by atoms with van der Waals surface area (Å²) in [6.45, 7) is 5.98. The molecular weight excluding hydrogens is 323 g/mol. The number of carbonyl (C=O) groups is 1. The number of hydrogen-bond acceptors (Lipinski definition) is 3. The van der Waals surface area contributed by atoms with Crippen molar-refractivity contribution in [3.63, 3.8) is 0 Å². The summed E-state index contributed by atoms with van der Waals surface area (Å²) in [7, 11) is 1.59. The minimum atomic E-state index is -4.53. The lowest BCUT2D eigenvalue weighted by atomic mass is 10.2. The van der Waals surface area contributed by atoms with Crippen molar-refractivity contribution < 1.29 is 18.0 Å². The van der Waals surface area contributed by atoms with Crippen molar-refractivity contribution in [3.8, 4) is 0 Å². The first-order valence-electron chi connectivity index (χ1n) is 7.54. The Kier molecular flexibility index (Phi) is 5.00. The normalized spacial score (nSPS) is 13.1. The molecule has 0 bridgehead atoms. The van der Waals surface area contributed by atoms with E-state index in [0.29, 0.717) is 5.69 Å². The first kappa shape index (κ1) is 18.0. The monoisotopic (exact) mass is 343 g/mol. The fourth-order valence-corrected chi connectivity index (χ4v) is 2.43. The molecule has 1 amide bonds. The zero-order valence-electron chi connectivity index (χ0n) is 14.0. The summed E-state index contributed by atoms with van der Waals surface area (Å²) >= 11 is 0. The van der Waals surface area contributed by atoms with Crippen molar-refractivity contribution in [2.75, 3.05) is 7.05 Å². The van der Waals surface area contributed by atoms with E-state index >= 15 is 0 Å². The van der Waals surface area contributed by atoms with Gasteiger partial charge in [-0.2, -0.15) is 23.4 Å². The van der Waals surface area contributed by atoms with Crippen LogP contribution in [0.15, 0.2) is 18.3 Å². The summed E-state index contributed by atoms with van der Waals surface area (Å²) < 4.78 is 41.1. The molecule has 0 aliphatic rings. The van der Waals surface area contributed by atoms with Crippen LogP contribution in [0.3, 0.4) is 0 Å². The Balaban J connectivity index is 2.12. The van der Waals surface area contributed by atoms with E-state index in [4.69, 9.17) is 0 Å². The Morgan fingerprint density at radius 1 is 1.38 bits per heavy atom. The van der Waals surface area contributed by atoms with Crippen LogP contribution in [0.25, 0.3) is 0 Å². The lowest BCUT2D eigenvalue weighted by Crippen LogP contribution is -2.33. The number of aryl methyl sites for hydroxylation is 2. The van der Waals surface area contributed by atoms with Gasteiger partial charge < -0.3 is 4.90 Å². The molecular formula is C15H20F3N5O.